The molecule has 0 amide bonds. The smallest absolute Gasteiger partial charge is 0.0547 e. The Hall–Kier alpha value is -0.830. The van der Waals surface area contributed by atoms with Crippen molar-refractivity contribution in [2.24, 2.45) is 13.0 Å². The second-order valence-electron chi connectivity index (χ2n) is 5.65. The van der Waals surface area contributed by atoms with Crippen molar-refractivity contribution in [2.45, 2.75) is 58.9 Å². The minimum atomic E-state index is 0.396. The maximum Gasteiger partial charge on any atom is 0.0547 e. The van der Waals surface area contributed by atoms with Crippen molar-refractivity contribution in [2.75, 3.05) is 6.54 Å². The number of unbranched alkanes of at least 4 members (excludes halogenated alkanes) is 3. The van der Waals surface area contributed by atoms with E-state index in [1.807, 2.05) is 17.9 Å². The molecule has 0 spiro atoms. The van der Waals surface area contributed by atoms with Crippen LogP contribution >= 0.6 is 0 Å². The van der Waals surface area contributed by atoms with Crippen molar-refractivity contribution < 1.29 is 0 Å². The predicted molar refractivity (Wildman–Crippen MR) is 77.5 cm³/mol. The molecule has 0 aliphatic rings. The van der Waals surface area contributed by atoms with Gasteiger partial charge in [0.05, 0.1) is 5.69 Å². The second-order valence-corrected chi connectivity index (χ2v) is 5.65. The van der Waals surface area contributed by atoms with E-state index in [-0.39, 0.29) is 0 Å². The van der Waals surface area contributed by atoms with E-state index < -0.39 is 0 Å². The molecule has 1 aromatic rings. The zero-order valence-electron chi connectivity index (χ0n) is 12.4. The highest BCUT2D eigenvalue weighted by Crippen LogP contribution is 2.11. The first-order valence-electron chi connectivity index (χ1n) is 7.32. The third kappa shape index (κ3) is 5.67. The van der Waals surface area contributed by atoms with Crippen LogP contribution in [0.5, 0.6) is 0 Å². The molecule has 0 radical (unpaired) electrons. The van der Waals surface area contributed by atoms with Crippen molar-refractivity contribution in [3.63, 3.8) is 0 Å². The predicted octanol–water partition coefficient (Wildman–Crippen LogP) is 3.68. The molecule has 0 aliphatic carbocycles. The van der Waals surface area contributed by atoms with Gasteiger partial charge in [-0.15, -0.1) is 0 Å². The maximum atomic E-state index is 4.20. The first-order valence-corrected chi connectivity index (χ1v) is 7.32. The van der Waals surface area contributed by atoms with E-state index in [0.29, 0.717) is 6.04 Å². The Bertz CT molecular complexity index is 317. The van der Waals surface area contributed by atoms with Crippen LogP contribution in [0.1, 0.15) is 64.6 Å². The molecule has 1 rings (SSSR count). The monoisotopic (exact) mass is 251 g/mol. The van der Waals surface area contributed by atoms with Crippen LogP contribution in [-0.2, 0) is 7.05 Å². The molecule has 1 heterocycles. The van der Waals surface area contributed by atoms with Gasteiger partial charge < -0.3 is 5.32 Å². The third-order valence-electron chi connectivity index (χ3n) is 3.46. The average molecular weight is 251 g/mol. The minimum absolute atomic E-state index is 0.396. The first kappa shape index (κ1) is 15.2. The van der Waals surface area contributed by atoms with Crippen LogP contribution in [0.25, 0.3) is 0 Å². The summed E-state index contributed by atoms with van der Waals surface area (Å²) in [5.41, 5.74) is 1.26. The topological polar surface area (TPSA) is 29.9 Å². The van der Waals surface area contributed by atoms with Crippen molar-refractivity contribution in [1.82, 2.24) is 15.1 Å². The summed E-state index contributed by atoms with van der Waals surface area (Å²) in [4.78, 5) is 0. The average Bonchev–Trinajstić information content (AvgIpc) is 2.73. The Morgan fingerprint density at radius 3 is 2.50 bits per heavy atom. The van der Waals surface area contributed by atoms with Gasteiger partial charge in [0.2, 0.25) is 0 Å². The lowest BCUT2D eigenvalue weighted by molar-refractivity contribution is 0.487. The highest BCUT2D eigenvalue weighted by molar-refractivity contribution is 5.04. The summed E-state index contributed by atoms with van der Waals surface area (Å²) in [5, 5.41) is 7.76. The third-order valence-corrected chi connectivity index (χ3v) is 3.46. The molecule has 0 saturated carbocycles. The lowest BCUT2D eigenvalue weighted by Crippen LogP contribution is -2.22. The molecule has 0 saturated heterocycles. The van der Waals surface area contributed by atoms with E-state index in [2.05, 4.69) is 37.3 Å². The normalized spacial score (nSPS) is 13.2. The number of aromatic nitrogens is 2. The van der Waals surface area contributed by atoms with Crippen molar-refractivity contribution in [1.29, 1.82) is 0 Å². The largest absolute Gasteiger partial charge is 0.309 e. The summed E-state index contributed by atoms with van der Waals surface area (Å²) >= 11 is 0. The van der Waals surface area contributed by atoms with E-state index in [0.717, 1.165) is 12.5 Å². The molecule has 0 bridgehead atoms. The molecule has 0 aromatic carbocycles. The molecule has 0 fully saturated rings. The van der Waals surface area contributed by atoms with E-state index in [4.69, 9.17) is 0 Å². The van der Waals surface area contributed by atoms with Crippen molar-refractivity contribution in [3.8, 4) is 0 Å². The standard InChI is InChI=1S/C15H29N3/c1-13(2)9-7-5-6-8-11-16-14(3)15-10-12-17-18(15)4/h10,12-14,16H,5-9,11H2,1-4H3. The molecule has 104 valence electrons. The van der Waals surface area contributed by atoms with E-state index in [1.54, 1.807) is 0 Å². The lowest BCUT2D eigenvalue weighted by atomic mass is 10.0. The van der Waals surface area contributed by atoms with Crippen LogP contribution in [0.15, 0.2) is 12.3 Å². The van der Waals surface area contributed by atoms with Crippen LogP contribution in [0.3, 0.4) is 0 Å². The first-order chi connectivity index (χ1) is 8.61. The summed E-state index contributed by atoms with van der Waals surface area (Å²) in [7, 11) is 2.00. The van der Waals surface area contributed by atoms with E-state index in [1.165, 1.54) is 37.8 Å². The second kappa shape index (κ2) is 8.30. The molecular weight excluding hydrogens is 222 g/mol. The summed E-state index contributed by atoms with van der Waals surface area (Å²) in [6.07, 6.45) is 8.62. The zero-order chi connectivity index (χ0) is 13.4. The number of aryl methyl sites for hydroxylation is 1. The Balaban J connectivity index is 2.03. The SMILES string of the molecule is CC(C)CCCCCCNC(C)c1ccnn1C. The fourth-order valence-electron chi connectivity index (χ4n) is 2.26. The van der Waals surface area contributed by atoms with Crippen LogP contribution in [0, 0.1) is 5.92 Å². The molecule has 1 atom stereocenters. The summed E-state index contributed by atoms with van der Waals surface area (Å²) in [6, 6.07) is 2.48. The number of nitrogens with one attached hydrogen (secondary N) is 1. The van der Waals surface area contributed by atoms with Gasteiger partial charge in [-0.2, -0.15) is 5.10 Å². The van der Waals surface area contributed by atoms with Gasteiger partial charge in [0.15, 0.2) is 0 Å². The number of nitrogens with zero attached hydrogens (tertiary/aromatic N) is 2. The zero-order valence-corrected chi connectivity index (χ0v) is 12.4. The molecule has 3 heteroatoms. The van der Waals surface area contributed by atoms with Crippen LogP contribution in [0.2, 0.25) is 0 Å². The summed E-state index contributed by atoms with van der Waals surface area (Å²) in [5.74, 6) is 0.855. The van der Waals surface area contributed by atoms with Crippen molar-refractivity contribution in [3.05, 3.63) is 18.0 Å². The van der Waals surface area contributed by atoms with Crippen LogP contribution in [0.4, 0.5) is 0 Å². The number of hydrogen-bond donors (Lipinski definition) is 1. The quantitative estimate of drug-likeness (QED) is 0.679. The Kier molecular flexibility index (Phi) is 7.02. The molecule has 0 aliphatic heterocycles. The Morgan fingerprint density at radius 2 is 1.89 bits per heavy atom. The minimum Gasteiger partial charge on any atom is -0.309 e. The molecule has 18 heavy (non-hydrogen) atoms. The van der Waals surface area contributed by atoms with Gasteiger partial charge in [0, 0.05) is 19.3 Å². The molecule has 1 unspecified atom stereocenters. The fourth-order valence-corrected chi connectivity index (χ4v) is 2.26. The van der Waals surface area contributed by atoms with Gasteiger partial charge in [0.25, 0.3) is 0 Å². The number of hydrogen-bond acceptors (Lipinski definition) is 2. The van der Waals surface area contributed by atoms with Crippen LogP contribution < -0.4 is 5.32 Å². The van der Waals surface area contributed by atoms with Gasteiger partial charge in [-0.25, -0.2) is 0 Å². The van der Waals surface area contributed by atoms with Gasteiger partial charge in [-0.1, -0.05) is 39.5 Å². The maximum absolute atomic E-state index is 4.20. The Labute approximate surface area is 112 Å². The molecule has 1 aromatic heterocycles. The van der Waals surface area contributed by atoms with Gasteiger partial charge in [0.1, 0.15) is 0 Å². The Morgan fingerprint density at radius 1 is 1.17 bits per heavy atom. The van der Waals surface area contributed by atoms with Crippen molar-refractivity contribution >= 4 is 0 Å². The highest BCUT2D eigenvalue weighted by atomic mass is 15.3. The molecule has 3 nitrogen and oxygen atoms in total. The van der Waals surface area contributed by atoms with Gasteiger partial charge in [-0.05, 0) is 31.9 Å². The van der Waals surface area contributed by atoms with Crippen LogP contribution in [-0.4, -0.2) is 16.3 Å². The van der Waals surface area contributed by atoms with Gasteiger partial charge >= 0.3 is 0 Å². The van der Waals surface area contributed by atoms with E-state index >= 15 is 0 Å². The number of rotatable bonds is 9. The summed E-state index contributed by atoms with van der Waals surface area (Å²) in [6.45, 7) is 7.91. The van der Waals surface area contributed by atoms with E-state index in [9.17, 15) is 0 Å². The highest BCUT2D eigenvalue weighted by Gasteiger charge is 2.07. The molecular formula is C15H29N3. The summed E-state index contributed by atoms with van der Waals surface area (Å²) < 4.78 is 1.94. The lowest BCUT2D eigenvalue weighted by Gasteiger charge is -2.14. The van der Waals surface area contributed by atoms with Gasteiger partial charge in [-0.3, -0.25) is 4.68 Å². The fraction of sp³-hybridized carbons (Fsp3) is 0.800. The molecule has 1 N–H and O–H groups in total.